The van der Waals surface area contributed by atoms with Crippen LogP contribution in [-0.2, 0) is 0 Å². The monoisotopic (exact) mass is 950 g/mol. The number of rotatable bonds is 7. The van der Waals surface area contributed by atoms with E-state index in [1.54, 1.807) is 0 Å². The highest BCUT2D eigenvalue weighted by Crippen LogP contribution is 2.44. The van der Waals surface area contributed by atoms with Crippen LogP contribution in [0.4, 0.5) is 0 Å². The molecule has 0 N–H and O–H groups in total. The zero-order valence-corrected chi connectivity index (χ0v) is 43.1. The zero-order chi connectivity index (χ0) is 51.1. The van der Waals surface area contributed by atoms with Crippen LogP contribution in [-0.4, -0.2) is 9.13 Å². The van der Waals surface area contributed by atoms with Gasteiger partial charge in [-0.1, -0.05) is 156 Å². The Bertz CT molecular complexity index is 4210. The van der Waals surface area contributed by atoms with E-state index >= 15 is 0 Å². The van der Waals surface area contributed by atoms with E-state index in [9.17, 15) is 10.5 Å². The summed E-state index contributed by atoms with van der Waals surface area (Å²) >= 11 is 0. The maximum Gasteiger partial charge on any atom is 0.101 e. The molecule has 0 unspecified atom stereocenters. The van der Waals surface area contributed by atoms with Crippen molar-refractivity contribution < 1.29 is 0 Å². The third kappa shape index (κ3) is 7.67. The molecule has 0 aliphatic rings. The predicted molar refractivity (Wildman–Crippen MR) is 310 cm³/mol. The van der Waals surface area contributed by atoms with E-state index in [0.717, 1.165) is 88.4 Å². The number of aromatic nitrogens is 2. The number of hydrogen-bond acceptors (Lipinski definition) is 2. The summed E-state index contributed by atoms with van der Waals surface area (Å²) in [5.41, 5.74) is 27.4. The molecule has 2 heterocycles. The molecule has 0 bridgehead atoms. The van der Waals surface area contributed by atoms with E-state index in [-0.39, 0.29) is 0 Å². The van der Waals surface area contributed by atoms with E-state index in [1.807, 2.05) is 18.2 Å². The van der Waals surface area contributed by atoms with Gasteiger partial charge in [0, 0.05) is 27.1 Å². The molecule has 0 amide bonds. The SMILES string of the molecule is Cc1ccc(-c2ccc3c4ccc(-c5ccc(C)cc5C)cc4n(-c4cc(-c5cccc(C#N)c5)c(-n5c6cc(-c7ccc(C)cc7C)ccc6c6ccc(-c7ccc(C)cc7C)cc65)cc4C#N)c3c2)c(C)c1. The Morgan fingerprint density at radius 1 is 0.297 bits per heavy atom. The van der Waals surface area contributed by atoms with Crippen LogP contribution in [0.2, 0.25) is 0 Å². The predicted octanol–water partition coefficient (Wildman–Crippen LogP) is 18.4. The third-order valence-electron chi connectivity index (χ3n) is 15.3. The van der Waals surface area contributed by atoms with Gasteiger partial charge in [-0.05, 0) is 176 Å². The maximum atomic E-state index is 11.7. The van der Waals surface area contributed by atoms with Crippen molar-refractivity contribution in [3.8, 4) is 79.1 Å². The molecule has 4 nitrogen and oxygen atoms in total. The molecule has 0 spiro atoms. The van der Waals surface area contributed by atoms with E-state index < -0.39 is 0 Å². The number of hydrogen-bond donors (Lipinski definition) is 0. The summed E-state index contributed by atoms with van der Waals surface area (Å²) in [5.74, 6) is 0. The van der Waals surface area contributed by atoms with Gasteiger partial charge in [0.2, 0.25) is 0 Å². The van der Waals surface area contributed by atoms with Crippen LogP contribution in [0, 0.1) is 78.1 Å². The molecule has 0 aliphatic heterocycles. The fourth-order valence-corrected chi connectivity index (χ4v) is 11.8. The topological polar surface area (TPSA) is 57.4 Å². The van der Waals surface area contributed by atoms with E-state index in [2.05, 4.69) is 240 Å². The van der Waals surface area contributed by atoms with Crippen molar-refractivity contribution in [2.45, 2.75) is 55.4 Å². The average molecular weight is 951 g/mol. The fraction of sp³-hybridized carbons (Fsp3) is 0.114. The van der Waals surface area contributed by atoms with Crippen LogP contribution >= 0.6 is 0 Å². The summed E-state index contributed by atoms with van der Waals surface area (Å²) in [5, 5.41) is 26.6. The number of nitriles is 2. The molecule has 10 aromatic carbocycles. The number of aryl methyl sites for hydroxylation is 8. The largest absolute Gasteiger partial charge is 0.309 e. The first-order valence-electron chi connectivity index (χ1n) is 25.4. The van der Waals surface area contributed by atoms with Crippen LogP contribution in [0.3, 0.4) is 0 Å². The van der Waals surface area contributed by atoms with Gasteiger partial charge >= 0.3 is 0 Å². The van der Waals surface area contributed by atoms with Crippen molar-refractivity contribution in [3.63, 3.8) is 0 Å². The summed E-state index contributed by atoms with van der Waals surface area (Å²) in [6.07, 6.45) is 0. The van der Waals surface area contributed by atoms with Crippen molar-refractivity contribution in [2.75, 3.05) is 0 Å². The molecule has 4 heteroatoms. The second kappa shape index (κ2) is 17.8. The lowest BCUT2D eigenvalue weighted by Gasteiger charge is -2.20. The van der Waals surface area contributed by atoms with Crippen LogP contribution in [0.5, 0.6) is 0 Å². The quantitative estimate of drug-likeness (QED) is 0.160. The molecule has 0 atom stereocenters. The van der Waals surface area contributed by atoms with Gasteiger partial charge in [0.05, 0.1) is 50.6 Å². The Labute approximate surface area is 433 Å². The van der Waals surface area contributed by atoms with E-state index in [1.165, 1.54) is 66.8 Å². The van der Waals surface area contributed by atoms with E-state index in [0.29, 0.717) is 11.1 Å². The van der Waals surface area contributed by atoms with Crippen LogP contribution in [0.25, 0.3) is 111 Å². The van der Waals surface area contributed by atoms with Crippen molar-refractivity contribution in [1.82, 2.24) is 9.13 Å². The fourth-order valence-electron chi connectivity index (χ4n) is 11.8. The van der Waals surface area contributed by atoms with Gasteiger partial charge in [-0.2, -0.15) is 10.5 Å². The Hall–Kier alpha value is -9.22. The van der Waals surface area contributed by atoms with Gasteiger partial charge in [-0.25, -0.2) is 0 Å². The Kier molecular flexibility index (Phi) is 11.0. The highest BCUT2D eigenvalue weighted by Gasteiger charge is 2.24. The van der Waals surface area contributed by atoms with Crippen molar-refractivity contribution in [1.29, 1.82) is 10.5 Å². The lowest BCUT2D eigenvalue weighted by molar-refractivity contribution is 1.14. The standard InChI is InChI=1S/C70H54N4/c1-41-12-20-56(45(5)28-41)51-16-24-60-61-25-17-52(57-21-13-42(2)29-46(57)6)34-67(61)73(66(60)33-51)65-38-64(50-11-9-10-49(32-50)39-71)70(37-55(65)40-72)74-68-35-53(58-22-14-43(3)30-47(58)7)18-26-62(68)63-27-19-54(36-69(63)74)59-23-15-44(4)31-48(59)8/h9-38H,1-8H3. The maximum absolute atomic E-state index is 11.7. The molecular weight excluding hydrogens is 897 g/mol. The first-order valence-corrected chi connectivity index (χ1v) is 25.4. The van der Waals surface area contributed by atoms with Crippen molar-refractivity contribution in [2.24, 2.45) is 0 Å². The second-order valence-corrected chi connectivity index (χ2v) is 20.6. The number of fused-ring (bicyclic) bond motifs is 6. The summed E-state index contributed by atoms with van der Waals surface area (Å²) < 4.78 is 4.68. The van der Waals surface area contributed by atoms with Gasteiger partial charge in [0.25, 0.3) is 0 Å². The summed E-state index contributed by atoms with van der Waals surface area (Å²) in [6, 6.07) is 71.1. The van der Waals surface area contributed by atoms with Crippen LogP contribution in [0.1, 0.15) is 55.6 Å². The number of benzene rings is 10. The molecule has 74 heavy (non-hydrogen) atoms. The molecule has 0 saturated heterocycles. The molecule has 0 aliphatic carbocycles. The molecule has 354 valence electrons. The van der Waals surface area contributed by atoms with Crippen LogP contribution < -0.4 is 0 Å². The molecule has 12 rings (SSSR count). The van der Waals surface area contributed by atoms with E-state index in [4.69, 9.17) is 0 Å². The third-order valence-corrected chi connectivity index (χ3v) is 15.3. The second-order valence-electron chi connectivity index (χ2n) is 20.6. The first kappa shape index (κ1) is 45.9. The molecule has 12 aromatic rings. The van der Waals surface area contributed by atoms with Gasteiger partial charge in [0.1, 0.15) is 6.07 Å². The molecule has 0 radical (unpaired) electrons. The summed E-state index contributed by atoms with van der Waals surface area (Å²) in [7, 11) is 0. The Morgan fingerprint density at radius 2 is 0.649 bits per heavy atom. The summed E-state index contributed by atoms with van der Waals surface area (Å²) in [6.45, 7) is 17.3. The number of nitrogens with zero attached hydrogens (tertiary/aromatic N) is 4. The Balaban J connectivity index is 1.21. The van der Waals surface area contributed by atoms with Gasteiger partial charge < -0.3 is 9.13 Å². The lowest BCUT2D eigenvalue weighted by atomic mass is 9.96. The lowest BCUT2D eigenvalue weighted by Crippen LogP contribution is -2.04. The van der Waals surface area contributed by atoms with Crippen molar-refractivity contribution >= 4 is 43.6 Å². The Morgan fingerprint density at radius 3 is 0.986 bits per heavy atom. The minimum Gasteiger partial charge on any atom is -0.309 e. The highest BCUT2D eigenvalue weighted by atomic mass is 15.0. The smallest absolute Gasteiger partial charge is 0.101 e. The molecular formula is C70H54N4. The molecule has 2 aromatic heterocycles. The average Bonchev–Trinajstić information content (AvgIpc) is 3.90. The summed E-state index contributed by atoms with van der Waals surface area (Å²) in [4.78, 5) is 0. The molecule has 0 saturated carbocycles. The molecule has 0 fully saturated rings. The van der Waals surface area contributed by atoms with Crippen molar-refractivity contribution in [3.05, 3.63) is 238 Å². The zero-order valence-electron chi connectivity index (χ0n) is 43.1. The highest BCUT2D eigenvalue weighted by molar-refractivity contribution is 6.13. The minimum atomic E-state index is 0.527. The van der Waals surface area contributed by atoms with Crippen LogP contribution in [0.15, 0.2) is 182 Å². The normalized spacial score (nSPS) is 11.5. The van der Waals surface area contributed by atoms with Gasteiger partial charge in [-0.3, -0.25) is 0 Å². The van der Waals surface area contributed by atoms with Gasteiger partial charge in [0.15, 0.2) is 0 Å². The first-order chi connectivity index (χ1) is 35.8. The van der Waals surface area contributed by atoms with Gasteiger partial charge in [-0.15, -0.1) is 0 Å². The minimum absolute atomic E-state index is 0.527.